The minimum atomic E-state index is -0.959. The van der Waals surface area contributed by atoms with E-state index in [0.717, 1.165) is 17.9 Å². The van der Waals surface area contributed by atoms with Crippen LogP contribution in [0.1, 0.15) is 48.7 Å². The van der Waals surface area contributed by atoms with Gasteiger partial charge >= 0.3 is 6.03 Å². The Morgan fingerprint density at radius 1 is 1.22 bits per heavy atom. The maximum absolute atomic E-state index is 13.6. The largest absolute Gasteiger partial charge is 0.467 e. The number of urea groups is 1. The molecule has 0 atom stereocenters. The molecule has 0 aromatic carbocycles. The van der Waals surface area contributed by atoms with E-state index < -0.39 is 23.4 Å². The van der Waals surface area contributed by atoms with Crippen LogP contribution in [0.5, 0.6) is 0 Å². The van der Waals surface area contributed by atoms with Crippen LogP contribution in [-0.4, -0.2) is 48.1 Å². The minimum Gasteiger partial charge on any atom is -0.467 e. The van der Waals surface area contributed by atoms with Crippen LogP contribution in [0.2, 0.25) is 0 Å². The number of aromatic nitrogens is 4. The summed E-state index contributed by atoms with van der Waals surface area (Å²) in [5.74, 6) is 0.132. The summed E-state index contributed by atoms with van der Waals surface area (Å²) in [5, 5.41) is 8.53. The Morgan fingerprint density at radius 3 is 2.78 bits per heavy atom. The number of amides is 4. The number of hydrazine groups is 1. The molecule has 188 valence electrons. The molecule has 6 rings (SSSR count). The second-order valence-corrected chi connectivity index (χ2v) is 9.69. The number of furan rings is 1. The van der Waals surface area contributed by atoms with Crippen LogP contribution < -0.4 is 10.7 Å². The molecular weight excluding hydrogens is 474 g/mol. The molecule has 1 saturated carbocycles. The number of rotatable bonds is 5. The van der Waals surface area contributed by atoms with Gasteiger partial charge in [0.05, 0.1) is 29.1 Å². The first-order chi connectivity index (χ1) is 17.9. The molecule has 4 aromatic heterocycles. The number of hydrogen-bond donors (Lipinski definition) is 2. The zero-order valence-electron chi connectivity index (χ0n) is 20.2. The molecule has 0 unspecified atom stereocenters. The maximum Gasteiger partial charge on any atom is 0.344 e. The fourth-order valence-corrected chi connectivity index (χ4v) is 5.04. The Morgan fingerprint density at radius 2 is 2.05 bits per heavy atom. The predicted octanol–water partition coefficient (Wildman–Crippen LogP) is 3.28. The smallest absolute Gasteiger partial charge is 0.344 e. The molecule has 1 saturated heterocycles. The molecule has 0 bridgehead atoms. The highest BCUT2D eigenvalue weighted by atomic mass is 16.3. The van der Waals surface area contributed by atoms with Gasteiger partial charge in [-0.2, -0.15) is 10.1 Å². The molecule has 4 aromatic rings. The van der Waals surface area contributed by atoms with Crippen LogP contribution in [0.15, 0.2) is 59.6 Å². The van der Waals surface area contributed by atoms with Crippen LogP contribution in [0.25, 0.3) is 22.3 Å². The van der Waals surface area contributed by atoms with E-state index in [-0.39, 0.29) is 5.56 Å². The molecule has 2 N–H and O–H groups in total. The zero-order valence-corrected chi connectivity index (χ0v) is 20.2. The van der Waals surface area contributed by atoms with Crippen molar-refractivity contribution >= 4 is 28.9 Å². The topological polar surface area (TPSA) is 135 Å². The average molecular weight is 500 g/mol. The van der Waals surface area contributed by atoms with Gasteiger partial charge in [-0.3, -0.25) is 20.0 Å². The standard InChI is InChI=1S/C26H25N7O4/c1-16-6-8-26(9-7-16)24(35)33(25(36)30-26)31-23(34)19-12-21(17-4-2-10-27-13-17)29-22-20(19)14-28-32(22)15-18-5-3-11-37-18/h2-5,10-14,16H,6-9,15H2,1H3,(H,30,36)(H,31,34). The highest BCUT2D eigenvalue weighted by molar-refractivity contribution is 6.12. The summed E-state index contributed by atoms with van der Waals surface area (Å²) in [5.41, 5.74) is 3.47. The van der Waals surface area contributed by atoms with Gasteiger partial charge < -0.3 is 9.73 Å². The minimum absolute atomic E-state index is 0.230. The van der Waals surface area contributed by atoms with Gasteiger partial charge in [0.1, 0.15) is 17.8 Å². The van der Waals surface area contributed by atoms with E-state index in [1.807, 2.05) is 12.1 Å². The lowest BCUT2D eigenvalue weighted by Gasteiger charge is -2.33. The monoisotopic (exact) mass is 499 g/mol. The number of pyridine rings is 2. The van der Waals surface area contributed by atoms with Crippen LogP contribution in [-0.2, 0) is 11.3 Å². The van der Waals surface area contributed by atoms with Gasteiger partial charge in [-0.1, -0.05) is 6.92 Å². The number of carbonyl (C=O) groups excluding carboxylic acids is 3. The lowest BCUT2D eigenvalue weighted by molar-refractivity contribution is -0.134. The third kappa shape index (κ3) is 4.02. The Bertz CT molecular complexity index is 1490. The van der Waals surface area contributed by atoms with E-state index in [1.165, 1.54) is 0 Å². The Kier molecular flexibility index (Phi) is 5.47. The second kappa shape index (κ2) is 8.84. The maximum atomic E-state index is 13.6. The number of nitrogens with zero attached hydrogens (tertiary/aromatic N) is 5. The van der Waals surface area contributed by atoms with Crippen molar-refractivity contribution in [2.45, 2.75) is 44.7 Å². The molecule has 5 heterocycles. The molecule has 11 nitrogen and oxygen atoms in total. The first-order valence-corrected chi connectivity index (χ1v) is 12.2. The van der Waals surface area contributed by atoms with Crippen molar-refractivity contribution in [1.29, 1.82) is 0 Å². The zero-order chi connectivity index (χ0) is 25.6. The summed E-state index contributed by atoms with van der Waals surface area (Å²) >= 11 is 0. The molecular formula is C26H25N7O4. The van der Waals surface area contributed by atoms with Crippen molar-refractivity contribution in [3.8, 4) is 11.3 Å². The molecule has 4 amide bonds. The summed E-state index contributed by atoms with van der Waals surface area (Å²) in [6.07, 6.45) is 9.19. The number of fused-ring (bicyclic) bond motifs is 1. The van der Waals surface area contributed by atoms with Crippen LogP contribution in [0.3, 0.4) is 0 Å². The quantitative estimate of drug-likeness (QED) is 0.402. The second-order valence-electron chi connectivity index (χ2n) is 9.69. The van der Waals surface area contributed by atoms with E-state index in [1.54, 1.807) is 47.7 Å². The van der Waals surface area contributed by atoms with Crippen LogP contribution in [0.4, 0.5) is 4.79 Å². The van der Waals surface area contributed by atoms with Crippen molar-refractivity contribution < 1.29 is 18.8 Å². The predicted molar refractivity (Wildman–Crippen MR) is 132 cm³/mol. The Hall–Kier alpha value is -4.54. The molecule has 11 heteroatoms. The van der Waals surface area contributed by atoms with Gasteiger partial charge in [0.2, 0.25) is 0 Å². The SMILES string of the molecule is CC1CCC2(CC1)NC(=O)N(NC(=O)c1cc(-c3cccnc3)nc3c1cnn3Cc1ccco1)C2=O. The van der Waals surface area contributed by atoms with Gasteiger partial charge in [0.25, 0.3) is 11.8 Å². The molecule has 1 aliphatic heterocycles. The number of carbonyl (C=O) groups is 3. The summed E-state index contributed by atoms with van der Waals surface area (Å²) in [6.45, 7) is 2.45. The van der Waals surface area contributed by atoms with Crippen molar-refractivity contribution in [2.24, 2.45) is 5.92 Å². The van der Waals surface area contributed by atoms with Gasteiger partial charge in [-0.15, -0.1) is 0 Å². The molecule has 1 spiro atoms. The summed E-state index contributed by atoms with van der Waals surface area (Å²) in [6, 6.07) is 8.21. The number of imide groups is 1. The average Bonchev–Trinajstić information content (AvgIpc) is 3.63. The van der Waals surface area contributed by atoms with Crippen molar-refractivity contribution in [2.75, 3.05) is 0 Å². The van der Waals surface area contributed by atoms with E-state index in [4.69, 9.17) is 9.40 Å². The van der Waals surface area contributed by atoms with Gasteiger partial charge in [-0.05, 0) is 61.9 Å². The Labute approximate surface area is 211 Å². The van der Waals surface area contributed by atoms with E-state index >= 15 is 0 Å². The first-order valence-electron chi connectivity index (χ1n) is 12.2. The first kappa shape index (κ1) is 22.9. The van der Waals surface area contributed by atoms with Gasteiger partial charge in [0, 0.05) is 18.0 Å². The molecule has 2 fully saturated rings. The Balaban J connectivity index is 1.36. The van der Waals surface area contributed by atoms with Crippen LogP contribution in [0, 0.1) is 5.92 Å². The highest BCUT2D eigenvalue weighted by Crippen LogP contribution is 2.36. The van der Waals surface area contributed by atoms with Crippen molar-refractivity contribution in [3.63, 3.8) is 0 Å². The van der Waals surface area contributed by atoms with Crippen molar-refractivity contribution in [1.82, 2.24) is 35.5 Å². The molecule has 1 aliphatic carbocycles. The van der Waals surface area contributed by atoms with E-state index in [0.29, 0.717) is 53.4 Å². The molecule has 2 aliphatic rings. The van der Waals surface area contributed by atoms with Gasteiger partial charge in [0.15, 0.2) is 5.65 Å². The number of hydrogen-bond acceptors (Lipinski definition) is 7. The van der Waals surface area contributed by atoms with Gasteiger partial charge in [-0.25, -0.2) is 14.5 Å². The molecule has 37 heavy (non-hydrogen) atoms. The number of nitrogens with one attached hydrogen (secondary N) is 2. The van der Waals surface area contributed by atoms with E-state index in [9.17, 15) is 14.4 Å². The summed E-state index contributed by atoms with van der Waals surface area (Å²) in [7, 11) is 0. The fourth-order valence-electron chi connectivity index (χ4n) is 5.04. The fraction of sp³-hybridized carbons (Fsp3) is 0.308. The highest BCUT2D eigenvalue weighted by Gasteiger charge is 2.53. The third-order valence-corrected chi connectivity index (χ3v) is 7.20. The summed E-state index contributed by atoms with van der Waals surface area (Å²) < 4.78 is 7.09. The normalized spacial score (nSPS) is 21.5. The van der Waals surface area contributed by atoms with E-state index in [2.05, 4.69) is 27.7 Å². The van der Waals surface area contributed by atoms with Crippen molar-refractivity contribution in [3.05, 3.63) is 66.5 Å². The lowest BCUT2D eigenvalue weighted by atomic mass is 9.77. The third-order valence-electron chi connectivity index (χ3n) is 7.20. The summed E-state index contributed by atoms with van der Waals surface area (Å²) in [4.78, 5) is 48.5. The lowest BCUT2D eigenvalue weighted by Crippen LogP contribution is -2.51. The van der Waals surface area contributed by atoms with Crippen LogP contribution >= 0.6 is 0 Å². The molecule has 0 radical (unpaired) electrons.